The summed E-state index contributed by atoms with van der Waals surface area (Å²) >= 11 is 0. The zero-order valence-electron chi connectivity index (χ0n) is 7.66. The molecule has 0 aliphatic rings. The van der Waals surface area contributed by atoms with Gasteiger partial charge in [0.05, 0.1) is 13.7 Å². The highest BCUT2D eigenvalue weighted by molar-refractivity contribution is 5.77. The Bertz CT molecular complexity index is 170. The Morgan fingerprint density at radius 2 is 2.00 bits per heavy atom. The van der Waals surface area contributed by atoms with Crippen molar-refractivity contribution in [2.45, 2.75) is 0 Å². The van der Waals surface area contributed by atoms with Crippen molar-refractivity contribution in [2.75, 3.05) is 34.0 Å². The average molecular weight is 191 g/mol. The molecule has 6 heteroatoms. The van der Waals surface area contributed by atoms with Crippen molar-refractivity contribution in [3.05, 3.63) is 0 Å². The van der Waals surface area contributed by atoms with Crippen LogP contribution in [0, 0.1) is 0 Å². The fourth-order valence-electron chi connectivity index (χ4n) is 0.566. The number of carbonyl (C=O) groups excluding carboxylic acids is 2. The molecule has 0 spiro atoms. The molecule has 0 radical (unpaired) electrons. The van der Waals surface area contributed by atoms with E-state index in [9.17, 15) is 9.59 Å². The third-order valence-corrected chi connectivity index (χ3v) is 1.09. The van der Waals surface area contributed by atoms with Gasteiger partial charge in [0, 0.05) is 7.11 Å². The van der Waals surface area contributed by atoms with Gasteiger partial charge >= 0.3 is 6.16 Å². The molecule has 1 amide bonds. The van der Waals surface area contributed by atoms with Gasteiger partial charge in [-0.15, -0.1) is 0 Å². The number of carbonyl (C=O) groups is 2. The monoisotopic (exact) mass is 191 g/mol. The topological polar surface area (TPSA) is 73.9 Å². The van der Waals surface area contributed by atoms with Crippen LogP contribution in [0.4, 0.5) is 4.79 Å². The first-order valence-electron chi connectivity index (χ1n) is 3.67. The second kappa shape index (κ2) is 7.35. The van der Waals surface area contributed by atoms with Gasteiger partial charge in [0.2, 0.25) is 5.91 Å². The molecular weight excluding hydrogens is 178 g/mol. The van der Waals surface area contributed by atoms with Gasteiger partial charge in [-0.1, -0.05) is 0 Å². The lowest BCUT2D eigenvalue weighted by Gasteiger charge is -2.04. The number of amides is 1. The molecule has 0 saturated heterocycles. The Morgan fingerprint density at radius 1 is 1.31 bits per heavy atom. The maximum atomic E-state index is 10.7. The van der Waals surface area contributed by atoms with E-state index in [1.54, 1.807) is 0 Å². The van der Waals surface area contributed by atoms with Crippen molar-refractivity contribution < 1.29 is 23.8 Å². The highest BCUT2D eigenvalue weighted by Gasteiger charge is 2.01. The summed E-state index contributed by atoms with van der Waals surface area (Å²) in [6.45, 7) is 0.331. The summed E-state index contributed by atoms with van der Waals surface area (Å²) in [6, 6.07) is 0. The first kappa shape index (κ1) is 11.7. The minimum absolute atomic E-state index is 0.00176. The SMILES string of the molecule is COCC(=O)NCCOC(=O)OC. The summed E-state index contributed by atoms with van der Waals surface area (Å²) in [5, 5.41) is 2.47. The van der Waals surface area contributed by atoms with Gasteiger partial charge in [0.15, 0.2) is 0 Å². The molecule has 0 aromatic heterocycles. The van der Waals surface area contributed by atoms with Gasteiger partial charge in [-0.3, -0.25) is 4.79 Å². The van der Waals surface area contributed by atoms with E-state index in [1.165, 1.54) is 14.2 Å². The number of methoxy groups -OCH3 is 2. The van der Waals surface area contributed by atoms with Crippen LogP contribution >= 0.6 is 0 Å². The third kappa shape index (κ3) is 7.07. The van der Waals surface area contributed by atoms with Gasteiger partial charge < -0.3 is 19.5 Å². The van der Waals surface area contributed by atoms with Crippen LogP contribution in [-0.4, -0.2) is 46.0 Å². The van der Waals surface area contributed by atoms with E-state index in [2.05, 4.69) is 19.5 Å². The molecule has 0 rings (SSSR count). The standard InChI is InChI=1S/C7H13NO5/c1-11-5-6(9)8-3-4-13-7(10)12-2/h3-5H2,1-2H3,(H,8,9). The van der Waals surface area contributed by atoms with Gasteiger partial charge in [-0.2, -0.15) is 0 Å². The summed E-state index contributed by atoms with van der Waals surface area (Å²) in [6.07, 6.45) is -0.763. The zero-order valence-corrected chi connectivity index (χ0v) is 7.66. The van der Waals surface area contributed by atoms with Crippen LogP contribution in [-0.2, 0) is 19.0 Å². The van der Waals surface area contributed by atoms with Crippen molar-refractivity contribution in [3.8, 4) is 0 Å². The van der Waals surface area contributed by atoms with Crippen LogP contribution in [0.5, 0.6) is 0 Å². The van der Waals surface area contributed by atoms with Crippen LogP contribution in [0.15, 0.2) is 0 Å². The van der Waals surface area contributed by atoms with E-state index in [4.69, 9.17) is 0 Å². The molecule has 0 aromatic rings. The number of ether oxygens (including phenoxy) is 3. The molecule has 0 heterocycles. The molecule has 0 aliphatic heterocycles. The summed E-state index contributed by atoms with van der Waals surface area (Å²) in [5.74, 6) is -0.254. The lowest BCUT2D eigenvalue weighted by Crippen LogP contribution is -2.30. The van der Waals surface area contributed by atoms with Gasteiger partial charge in [-0.05, 0) is 0 Å². The molecule has 76 valence electrons. The maximum absolute atomic E-state index is 10.7. The smallest absolute Gasteiger partial charge is 0.438 e. The zero-order chi connectivity index (χ0) is 10.1. The molecule has 0 atom stereocenters. The minimum atomic E-state index is -0.763. The van der Waals surface area contributed by atoms with Crippen molar-refractivity contribution in [2.24, 2.45) is 0 Å². The largest absolute Gasteiger partial charge is 0.508 e. The van der Waals surface area contributed by atoms with Crippen LogP contribution in [0.25, 0.3) is 0 Å². The molecule has 6 nitrogen and oxygen atoms in total. The Kier molecular flexibility index (Phi) is 6.62. The van der Waals surface area contributed by atoms with Crippen LogP contribution < -0.4 is 5.32 Å². The summed E-state index contributed by atoms with van der Waals surface area (Å²) < 4.78 is 13.3. The van der Waals surface area contributed by atoms with E-state index < -0.39 is 6.16 Å². The molecule has 1 N–H and O–H groups in total. The van der Waals surface area contributed by atoms with Gasteiger partial charge in [-0.25, -0.2) is 4.79 Å². The van der Waals surface area contributed by atoms with Crippen LogP contribution in [0.2, 0.25) is 0 Å². The van der Waals surface area contributed by atoms with Crippen molar-refractivity contribution >= 4 is 12.1 Å². The molecule has 0 aromatic carbocycles. The fraction of sp³-hybridized carbons (Fsp3) is 0.714. The Morgan fingerprint density at radius 3 is 2.54 bits per heavy atom. The molecule has 0 bridgehead atoms. The number of hydrogen-bond donors (Lipinski definition) is 1. The first-order chi connectivity index (χ1) is 6.20. The Balaban J connectivity index is 3.25. The van der Waals surface area contributed by atoms with Gasteiger partial charge in [0.25, 0.3) is 0 Å². The molecule has 0 saturated carbocycles. The quantitative estimate of drug-likeness (QED) is 0.470. The van der Waals surface area contributed by atoms with E-state index in [0.29, 0.717) is 0 Å². The summed E-state index contributed by atoms with van der Waals surface area (Å²) in [7, 11) is 2.64. The van der Waals surface area contributed by atoms with Crippen LogP contribution in [0.3, 0.4) is 0 Å². The predicted molar refractivity (Wildman–Crippen MR) is 43.2 cm³/mol. The van der Waals surface area contributed by atoms with E-state index in [1.807, 2.05) is 0 Å². The molecular formula is C7H13NO5. The first-order valence-corrected chi connectivity index (χ1v) is 3.67. The van der Waals surface area contributed by atoms with E-state index in [0.717, 1.165) is 0 Å². The Hall–Kier alpha value is -1.30. The molecule has 13 heavy (non-hydrogen) atoms. The normalized spacial score (nSPS) is 9.08. The van der Waals surface area contributed by atoms with Crippen molar-refractivity contribution in [1.82, 2.24) is 5.32 Å². The van der Waals surface area contributed by atoms with E-state index >= 15 is 0 Å². The highest BCUT2D eigenvalue weighted by atomic mass is 16.7. The summed E-state index contributed by atoms with van der Waals surface area (Å²) in [5.41, 5.74) is 0. The van der Waals surface area contributed by atoms with Crippen molar-refractivity contribution in [1.29, 1.82) is 0 Å². The number of nitrogens with one attached hydrogen (secondary N) is 1. The second-order valence-electron chi connectivity index (χ2n) is 2.09. The third-order valence-electron chi connectivity index (χ3n) is 1.09. The summed E-state index contributed by atoms with van der Waals surface area (Å²) in [4.78, 5) is 21.1. The molecule has 0 aliphatic carbocycles. The van der Waals surface area contributed by atoms with Gasteiger partial charge in [0.1, 0.15) is 13.2 Å². The maximum Gasteiger partial charge on any atom is 0.508 e. The lowest BCUT2D eigenvalue weighted by atomic mass is 10.6. The van der Waals surface area contributed by atoms with Crippen LogP contribution in [0.1, 0.15) is 0 Å². The second-order valence-corrected chi connectivity index (χ2v) is 2.09. The molecule has 0 fully saturated rings. The number of rotatable bonds is 5. The fourth-order valence-corrected chi connectivity index (χ4v) is 0.566. The Labute approximate surface area is 76.1 Å². The lowest BCUT2D eigenvalue weighted by molar-refractivity contribution is -0.124. The average Bonchev–Trinajstić information content (AvgIpc) is 2.12. The minimum Gasteiger partial charge on any atom is -0.438 e. The van der Waals surface area contributed by atoms with Crippen molar-refractivity contribution in [3.63, 3.8) is 0 Å². The predicted octanol–water partition coefficient (Wildman–Crippen LogP) is -0.468. The number of hydrogen-bond acceptors (Lipinski definition) is 5. The molecule has 0 unspecified atom stereocenters. The van der Waals surface area contributed by atoms with E-state index in [-0.39, 0.29) is 25.7 Å². The highest BCUT2D eigenvalue weighted by Crippen LogP contribution is 1.80.